The molecular formula is C16H29N3O2. The molecule has 5 nitrogen and oxygen atoms in total. The zero-order valence-electron chi connectivity index (χ0n) is 14.1. The van der Waals surface area contributed by atoms with E-state index in [0.29, 0.717) is 0 Å². The van der Waals surface area contributed by atoms with E-state index >= 15 is 0 Å². The summed E-state index contributed by atoms with van der Waals surface area (Å²) in [6.07, 6.45) is 1.95. The molecule has 1 atom stereocenters. The number of likely N-dealkylation sites (N-methyl/N-ethyl adjacent to an activating group) is 1. The standard InChI is InChI=1S/C16H29N3O2/c1-7-16(8-2,19(3)4)15(18-17)12-9-13(20-5)11-14(10-12)21-6/h9-11,15,18H,7-8,17H2,1-6H3. The fraction of sp³-hybridized carbons (Fsp3) is 0.625. The third-order valence-corrected chi connectivity index (χ3v) is 4.53. The summed E-state index contributed by atoms with van der Waals surface area (Å²) in [5.41, 5.74) is 3.98. The molecule has 3 N–H and O–H groups in total. The van der Waals surface area contributed by atoms with Crippen molar-refractivity contribution < 1.29 is 9.47 Å². The SMILES string of the molecule is CCC(CC)(C(NN)c1cc(OC)cc(OC)c1)N(C)C. The normalized spacial score (nSPS) is 13.3. The van der Waals surface area contributed by atoms with Crippen molar-refractivity contribution in [2.45, 2.75) is 38.3 Å². The average molecular weight is 295 g/mol. The highest BCUT2D eigenvalue weighted by Crippen LogP contribution is 2.38. The first kappa shape index (κ1) is 17.8. The summed E-state index contributed by atoms with van der Waals surface area (Å²) in [5.74, 6) is 7.44. The van der Waals surface area contributed by atoms with Gasteiger partial charge in [-0.1, -0.05) is 13.8 Å². The molecule has 0 spiro atoms. The topological polar surface area (TPSA) is 59.8 Å². The molecule has 0 radical (unpaired) electrons. The van der Waals surface area contributed by atoms with E-state index in [9.17, 15) is 0 Å². The number of ether oxygens (including phenoxy) is 2. The fourth-order valence-electron chi connectivity index (χ4n) is 3.11. The smallest absolute Gasteiger partial charge is 0.122 e. The van der Waals surface area contributed by atoms with Gasteiger partial charge in [-0.25, -0.2) is 0 Å². The van der Waals surface area contributed by atoms with Gasteiger partial charge in [-0.2, -0.15) is 0 Å². The molecule has 0 heterocycles. The van der Waals surface area contributed by atoms with Gasteiger partial charge in [-0.05, 0) is 44.6 Å². The third-order valence-electron chi connectivity index (χ3n) is 4.53. The average Bonchev–Trinajstić information content (AvgIpc) is 2.51. The van der Waals surface area contributed by atoms with Gasteiger partial charge in [0.2, 0.25) is 0 Å². The highest BCUT2D eigenvalue weighted by molar-refractivity contribution is 5.41. The number of hydrazine groups is 1. The van der Waals surface area contributed by atoms with E-state index in [0.717, 1.165) is 29.9 Å². The van der Waals surface area contributed by atoms with E-state index < -0.39 is 0 Å². The number of benzene rings is 1. The number of hydrogen-bond acceptors (Lipinski definition) is 5. The van der Waals surface area contributed by atoms with Crippen LogP contribution in [0.3, 0.4) is 0 Å². The maximum Gasteiger partial charge on any atom is 0.122 e. The first-order chi connectivity index (χ1) is 9.98. The van der Waals surface area contributed by atoms with Crippen LogP contribution in [0.4, 0.5) is 0 Å². The summed E-state index contributed by atoms with van der Waals surface area (Å²) in [6, 6.07) is 5.87. The van der Waals surface area contributed by atoms with Gasteiger partial charge in [0.05, 0.1) is 20.3 Å². The second kappa shape index (κ2) is 7.64. The van der Waals surface area contributed by atoms with Crippen molar-refractivity contribution in [1.82, 2.24) is 10.3 Å². The second-order valence-electron chi connectivity index (χ2n) is 5.45. The number of nitrogens with two attached hydrogens (primary N) is 1. The molecule has 0 bridgehead atoms. The Hall–Kier alpha value is -1.30. The molecule has 0 aliphatic carbocycles. The van der Waals surface area contributed by atoms with E-state index in [2.05, 4.69) is 38.3 Å². The summed E-state index contributed by atoms with van der Waals surface area (Å²) < 4.78 is 10.7. The minimum absolute atomic E-state index is 0.0218. The molecule has 0 aromatic heterocycles. The Morgan fingerprint density at radius 2 is 1.57 bits per heavy atom. The van der Waals surface area contributed by atoms with Crippen molar-refractivity contribution in [2.75, 3.05) is 28.3 Å². The zero-order valence-corrected chi connectivity index (χ0v) is 14.1. The van der Waals surface area contributed by atoms with Crippen molar-refractivity contribution in [1.29, 1.82) is 0 Å². The Morgan fingerprint density at radius 3 is 1.86 bits per heavy atom. The van der Waals surface area contributed by atoms with E-state index in [-0.39, 0.29) is 11.6 Å². The van der Waals surface area contributed by atoms with Crippen molar-refractivity contribution in [3.8, 4) is 11.5 Å². The fourth-order valence-corrected chi connectivity index (χ4v) is 3.11. The first-order valence-corrected chi connectivity index (χ1v) is 7.35. The van der Waals surface area contributed by atoms with Crippen LogP contribution in [0.15, 0.2) is 18.2 Å². The molecule has 1 aromatic rings. The van der Waals surface area contributed by atoms with Gasteiger partial charge in [-0.3, -0.25) is 11.3 Å². The zero-order chi connectivity index (χ0) is 16.0. The number of rotatable bonds is 8. The van der Waals surface area contributed by atoms with Gasteiger partial charge in [-0.15, -0.1) is 0 Å². The molecule has 0 fully saturated rings. The van der Waals surface area contributed by atoms with Crippen molar-refractivity contribution in [3.63, 3.8) is 0 Å². The Labute approximate surface area is 128 Å². The number of nitrogens with one attached hydrogen (secondary N) is 1. The van der Waals surface area contributed by atoms with Crippen LogP contribution < -0.4 is 20.7 Å². The van der Waals surface area contributed by atoms with Crippen LogP contribution in [0.2, 0.25) is 0 Å². The highest BCUT2D eigenvalue weighted by atomic mass is 16.5. The van der Waals surface area contributed by atoms with Gasteiger partial charge in [0.15, 0.2) is 0 Å². The summed E-state index contributed by atoms with van der Waals surface area (Å²) in [5, 5.41) is 0. The predicted octanol–water partition coefficient (Wildman–Crippen LogP) is 2.33. The molecule has 5 heteroatoms. The minimum atomic E-state index is -0.0773. The van der Waals surface area contributed by atoms with Gasteiger partial charge >= 0.3 is 0 Å². The molecule has 120 valence electrons. The lowest BCUT2D eigenvalue weighted by Gasteiger charge is -2.45. The van der Waals surface area contributed by atoms with Crippen LogP contribution in [0.1, 0.15) is 38.3 Å². The summed E-state index contributed by atoms with van der Waals surface area (Å²) in [4.78, 5) is 2.24. The molecule has 0 aliphatic rings. The third kappa shape index (κ3) is 3.48. The van der Waals surface area contributed by atoms with Crippen LogP contribution in [0.25, 0.3) is 0 Å². The Balaban J connectivity index is 3.37. The number of methoxy groups -OCH3 is 2. The van der Waals surface area contributed by atoms with Crippen LogP contribution in [0.5, 0.6) is 11.5 Å². The van der Waals surface area contributed by atoms with E-state index in [1.54, 1.807) is 14.2 Å². The molecule has 0 amide bonds. The van der Waals surface area contributed by atoms with E-state index in [1.165, 1.54) is 0 Å². The van der Waals surface area contributed by atoms with Gasteiger partial charge in [0, 0.05) is 11.6 Å². The maximum absolute atomic E-state index is 5.90. The van der Waals surface area contributed by atoms with Gasteiger partial charge in [0.25, 0.3) is 0 Å². The molecule has 1 aromatic carbocycles. The quantitative estimate of drug-likeness (QED) is 0.569. The largest absolute Gasteiger partial charge is 0.497 e. The molecule has 1 rings (SSSR count). The predicted molar refractivity (Wildman–Crippen MR) is 86.6 cm³/mol. The van der Waals surface area contributed by atoms with Crippen molar-refractivity contribution in [2.24, 2.45) is 5.84 Å². The number of nitrogens with zero attached hydrogens (tertiary/aromatic N) is 1. The van der Waals surface area contributed by atoms with Gasteiger partial charge in [0.1, 0.15) is 11.5 Å². The second-order valence-corrected chi connectivity index (χ2v) is 5.45. The first-order valence-electron chi connectivity index (χ1n) is 7.35. The Morgan fingerprint density at radius 1 is 1.10 bits per heavy atom. The van der Waals surface area contributed by atoms with Crippen molar-refractivity contribution >= 4 is 0 Å². The van der Waals surface area contributed by atoms with Gasteiger partial charge < -0.3 is 14.4 Å². The van der Waals surface area contributed by atoms with Crippen LogP contribution >= 0.6 is 0 Å². The highest BCUT2D eigenvalue weighted by Gasteiger charge is 2.38. The van der Waals surface area contributed by atoms with E-state index in [1.807, 2.05) is 18.2 Å². The Kier molecular flexibility index (Phi) is 6.45. The summed E-state index contributed by atoms with van der Waals surface area (Å²) in [6.45, 7) is 4.37. The van der Waals surface area contributed by atoms with Crippen LogP contribution in [-0.4, -0.2) is 38.8 Å². The van der Waals surface area contributed by atoms with Crippen LogP contribution in [-0.2, 0) is 0 Å². The van der Waals surface area contributed by atoms with Crippen molar-refractivity contribution in [3.05, 3.63) is 23.8 Å². The summed E-state index contributed by atoms with van der Waals surface area (Å²) in [7, 11) is 7.49. The van der Waals surface area contributed by atoms with Crippen LogP contribution in [0, 0.1) is 0 Å². The number of hydrogen-bond donors (Lipinski definition) is 2. The Bertz CT molecular complexity index is 423. The summed E-state index contributed by atoms with van der Waals surface area (Å²) >= 11 is 0. The monoisotopic (exact) mass is 295 g/mol. The lowest BCUT2D eigenvalue weighted by atomic mass is 9.80. The lowest BCUT2D eigenvalue weighted by molar-refractivity contribution is 0.0880. The van der Waals surface area contributed by atoms with E-state index in [4.69, 9.17) is 15.3 Å². The molecule has 0 aliphatic heterocycles. The minimum Gasteiger partial charge on any atom is -0.497 e. The lowest BCUT2D eigenvalue weighted by Crippen LogP contribution is -2.54. The maximum atomic E-state index is 5.90. The molecule has 21 heavy (non-hydrogen) atoms. The molecule has 0 saturated heterocycles. The molecular weight excluding hydrogens is 266 g/mol. The molecule has 0 saturated carbocycles. The molecule has 1 unspecified atom stereocenters.